The number of hydrogen-bond donors (Lipinski definition) is 6. The van der Waals surface area contributed by atoms with E-state index in [0.717, 1.165) is 19.4 Å². The maximum Gasteiger partial charge on any atom is 0.327 e. The molecule has 0 spiro atoms. The minimum absolute atomic E-state index is 0.0661. The lowest BCUT2D eigenvalue weighted by Gasteiger charge is -2.28. The highest BCUT2D eigenvalue weighted by Gasteiger charge is 2.33. The molecule has 30 heavy (non-hydrogen) atoms. The lowest BCUT2D eigenvalue weighted by atomic mass is 9.96. The Morgan fingerprint density at radius 1 is 1.07 bits per heavy atom. The molecule has 0 aromatic carbocycles. The van der Waals surface area contributed by atoms with Gasteiger partial charge in [0.2, 0.25) is 17.7 Å². The summed E-state index contributed by atoms with van der Waals surface area (Å²) in [4.78, 5) is 49.4. The van der Waals surface area contributed by atoms with Crippen molar-refractivity contribution in [3.8, 4) is 0 Å². The van der Waals surface area contributed by atoms with Crippen LogP contribution < -0.4 is 21.3 Å². The molecular weight excluding hydrogens is 408 g/mol. The molecule has 1 saturated heterocycles. The normalized spacial score (nSPS) is 20.1. The number of carbonyl (C=O) groups excluding carboxylic acids is 3. The van der Waals surface area contributed by atoms with Gasteiger partial charge in [0.05, 0.1) is 6.04 Å². The second-order valence-electron chi connectivity index (χ2n) is 8.29. The molecule has 9 nitrogen and oxygen atoms in total. The third-order valence-electron chi connectivity index (χ3n) is 5.31. The lowest BCUT2D eigenvalue weighted by molar-refractivity contribution is -0.141. The topological polar surface area (TPSA) is 137 Å². The van der Waals surface area contributed by atoms with Crippen LogP contribution in [-0.2, 0) is 19.2 Å². The number of hydrogen-bond acceptors (Lipinski definition) is 6. The summed E-state index contributed by atoms with van der Waals surface area (Å²) in [7, 11) is 0. The fraction of sp³-hybridized carbons (Fsp3) is 0.800. The molecule has 0 saturated carbocycles. The van der Waals surface area contributed by atoms with Crippen LogP contribution in [0.1, 0.15) is 53.4 Å². The number of aliphatic carboxylic acids is 1. The van der Waals surface area contributed by atoms with Crippen LogP contribution in [0.5, 0.6) is 0 Å². The van der Waals surface area contributed by atoms with E-state index in [4.69, 9.17) is 5.11 Å². The number of nitrogens with one attached hydrogen (secondary N) is 4. The molecule has 5 N–H and O–H groups in total. The molecule has 1 heterocycles. The zero-order valence-corrected chi connectivity index (χ0v) is 19.1. The van der Waals surface area contributed by atoms with Gasteiger partial charge in [0.25, 0.3) is 0 Å². The highest BCUT2D eigenvalue weighted by molar-refractivity contribution is 7.80. The number of thiol groups is 1. The van der Waals surface area contributed by atoms with Gasteiger partial charge in [-0.15, -0.1) is 0 Å². The van der Waals surface area contributed by atoms with Crippen molar-refractivity contribution in [2.24, 2.45) is 11.8 Å². The quantitative estimate of drug-likeness (QED) is 0.240. The molecule has 10 heteroatoms. The van der Waals surface area contributed by atoms with Crippen molar-refractivity contribution >= 4 is 36.3 Å². The largest absolute Gasteiger partial charge is 0.480 e. The van der Waals surface area contributed by atoms with Crippen molar-refractivity contribution < 1.29 is 24.3 Å². The first kappa shape index (κ1) is 26.2. The van der Waals surface area contributed by atoms with Crippen molar-refractivity contribution in [1.82, 2.24) is 21.3 Å². The molecule has 5 atom stereocenters. The Morgan fingerprint density at radius 2 is 1.70 bits per heavy atom. The van der Waals surface area contributed by atoms with Gasteiger partial charge in [-0.25, -0.2) is 4.79 Å². The van der Waals surface area contributed by atoms with Gasteiger partial charge >= 0.3 is 5.97 Å². The van der Waals surface area contributed by atoms with Gasteiger partial charge in [0, 0.05) is 5.75 Å². The first-order valence-corrected chi connectivity index (χ1v) is 11.2. The molecule has 172 valence electrons. The summed E-state index contributed by atoms with van der Waals surface area (Å²) in [6.07, 6.45) is 2.63. The van der Waals surface area contributed by atoms with E-state index in [2.05, 4.69) is 33.9 Å². The van der Waals surface area contributed by atoms with Crippen LogP contribution in [-0.4, -0.2) is 65.3 Å². The van der Waals surface area contributed by atoms with E-state index in [1.807, 2.05) is 27.7 Å². The van der Waals surface area contributed by atoms with Crippen molar-refractivity contribution in [1.29, 1.82) is 0 Å². The van der Waals surface area contributed by atoms with Gasteiger partial charge < -0.3 is 26.4 Å². The Kier molecular flexibility index (Phi) is 11.2. The van der Waals surface area contributed by atoms with Gasteiger partial charge in [-0.3, -0.25) is 14.4 Å². The Morgan fingerprint density at radius 3 is 2.17 bits per heavy atom. The number of rotatable bonds is 12. The van der Waals surface area contributed by atoms with E-state index >= 15 is 0 Å². The molecule has 0 aromatic heterocycles. The lowest BCUT2D eigenvalue weighted by Crippen LogP contribution is -2.58. The minimum atomic E-state index is -1.19. The molecule has 0 aromatic rings. The number of carboxylic acid groups (broad SMARTS) is 1. The summed E-state index contributed by atoms with van der Waals surface area (Å²) in [5.41, 5.74) is 0. The third-order valence-corrected chi connectivity index (χ3v) is 5.67. The fourth-order valence-corrected chi connectivity index (χ4v) is 3.53. The summed E-state index contributed by atoms with van der Waals surface area (Å²) in [6, 6.07) is -3.16. The molecule has 3 amide bonds. The zero-order valence-electron chi connectivity index (χ0n) is 18.2. The van der Waals surface area contributed by atoms with E-state index < -0.39 is 35.9 Å². The maximum absolute atomic E-state index is 13.0. The van der Waals surface area contributed by atoms with Gasteiger partial charge in [-0.2, -0.15) is 12.6 Å². The predicted octanol–water partition coefficient (Wildman–Crippen LogP) is 0.299. The predicted molar refractivity (Wildman–Crippen MR) is 117 cm³/mol. The average molecular weight is 445 g/mol. The highest BCUT2D eigenvalue weighted by atomic mass is 32.1. The minimum Gasteiger partial charge on any atom is -0.480 e. The third kappa shape index (κ3) is 8.14. The smallest absolute Gasteiger partial charge is 0.327 e. The molecule has 0 bridgehead atoms. The van der Waals surface area contributed by atoms with Crippen LogP contribution in [0.2, 0.25) is 0 Å². The standard InChI is InChI=1S/C20H36N4O5S/c1-5-12(4)16(24-17(25)13-7-6-8-21-13)19(27)22-14(9-11(2)3)18(26)23-15(10-30)20(28)29/h11-16,21,30H,5-10H2,1-4H3,(H,22,27)(H,23,26)(H,24,25)(H,28,29). The van der Waals surface area contributed by atoms with Crippen LogP contribution in [0.15, 0.2) is 0 Å². The Labute approximate surface area is 183 Å². The van der Waals surface area contributed by atoms with Crippen LogP contribution >= 0.6 is 12.6 Å². The molecule has 0 radical (unpaired) electrons. The van der Waals surface area contributed by atoms with Gasteiger partial charge in [0.1, 0.15) is 18.1 Å². The average Bonchev–Trinajstić information content (AvgIpc) is 3.22. The second-order valence-corrected chi connectivity index (χ2v) is 8.66. The van der Waals surface area contributed by atoms with Gasteiger partial charge in [-0.1, -0.05) is 34.1 Å². The summed E-state index contributed by atoms with van der Waals surface area (Å²) in [5.74, 6) is -2.56. The van der Waals surface area contributed by atoms with E-state index in [-0.39, 0.29) is 29.5 Å². The van der Waals surface area contributed by atoms with E-state index in [1.54, 1.807) is 0 Å². The molecule has 0 aliphatic carbocycles. The number of amides is 3. The molecule has 1 aliphatic rings. The Hall–Kier alpha value is -1.81. The van der Waals surface area contributed by atoms with Crippen LogP contribution in [0.3, 0.4) is 0 Å². The van der Waals surface area contributed by atoms with E-state index in [9.17, 15) is 19.2 Å². The second kappa shape index (κ2) is 12.8. The summed E-state index contributed by atoms with van der Waals surface area (Å²) >= 11 is 3.95. The molecule has 5 unspecified atom stereocenters. The number of carbonyl (C=O) groups is 4. The van der Waals surface area contributed by atoms with Crippen molar-refractivity contribution in [3.05, 3.63) is 0 Å². The summed E-state index contributed by atoms with van der Waals surface area (Å²) < 4.78 is 0. The molecular formula is C20H36N4O5S. The summed E-state index contributed by atoms with van der Waals surface area (Å²) in [6.45, 7) is 8.36. The summed E-state index contributed by atoms with van der Waals surface area (Å²) in [5, 5.41) is 20.2. The van der Waals surface area contributed by atoms with Crippen LogP contribution in [0.25, 0.3) is 0 Å². The number of carboxylic acids is 1. The van der Waals surface area contributed by atoms with Crippen LogP contribution in [0.4, 0.5) is 0 Å². The molecule has 1 fully saturated rings. The Bertz CT molecular complexity index is 610. The van der Waals surface area contributed by atoms with Gasteiger partial charge in [0.15, 0.2) is 0 Å². The zero-order chi connectivity index (χ0) is 22.8. The maximum atomic E-state index is 13.0. The SMILES string of the molecule is CCC(C)C(NC(=O)C1CCCN1)C(=O)NC(CC(C)C)C(=O)NC(CS)C(=O)O. The molecule has 1 aliphatic heterocycles. The van der Waals surface area contributed by atoms with Crippen molar-refractivity contribution in [2.75, 3.05) is 12.3 Å². The van der Waals surface area contributed by atoms with E-state index in [0.29, 0.717) is 12.8 Å². The first-order valence-electron chi connectivity index (χ1n) is 10.6. The van der Waals surface area contributed by atoms with E-state index in [1.165, 1.54) is 0 Å². The van der Waals surface area contributed by atoms with Crippen molar-refractivity contribution in [3.63, 3.8) is 0 Å². The first-order chi connectivity index (χ1) is 14.1. The Balaban J connectivity index is 2.91. The van der Waals surface area contributed by atoms with Gasteiger partial charge in [-0.05, 0) is 37.6 Å². The fourth-order valence-electron chi connectivity index (χ4n) is 3.29. The highest BCUT2D eigenvalue weighted by Crippen LogP contribution is 2.13. The van der Waals surface area contributed by atoms with Crippen LogP contribution in [0, 0.1) is 11.8 Å². The van der Waals surface area contributed by atoms with Crippen molar-refractivity contribution in [2.45, 2.75) is 77.5 Å². The molecule has 1 rings (SSSR count). The monoisotopic (exact) mass is 444 g/mol.